The van der Waals surface area contributed by atoms with Gasteiger partial charge in [-0.05, 0) is 35.9 Å². The molecule has 0 aliphatic carbocycles. The Hall–Kier alpha value is -2.51. The van der Waals surface area contributed by atoms with Gasteiger partial charge in [-0.15, -0.1) is 0 Å². The molecule has 0 aliphatic heterocycles. The van der Waals surface area contributed by atoms with E-state index < -0.39 is 0 Å². The summed E-state index contributed by atoms with van der Waals surface area (Å²) in [5.74, 6) is -0.385. The molecule has 0 spiro atoms. The lowest BCUT2D eigenvalue weighted by atomic mass is 10.1. The van der Waals surface area contributed by atoms with Crippen LogP contribution in [0.25, 0.3) is 0 Å². The second kappa shape index (κ2) is 6.09. The number of hydrogen-bond donors (Lipinski definition) is 2. The van der Waals surface area contributed by atoms with Gasteiger partial charge in [0.15, 0.2) is 0 Å². The Morgan fingerprint density at radius 3 is 2.55 bits per heavy atom. The largest absolute Gasteiger partial charge is 0.506 e. The van der Waals surface area contributed by atoms with Crippen molar-refractivity contribution in [2.45, 2.75) is 6.42 Å². The molecular formula is C15H11ClN2O2. The fourth-order valence-corrected chi connectivity index (χ4v) is 1.83. The molecule has 0 aliphatic rings. The number of rotatable bonds is 3. The Morgan fingerprint density at radius 1 is 1.25 bits per heavy atom. The van der Waals surface area contributed by atoms with Gasteiger partial charge in [-0.25, -0.2) is 0 Å². The minimum Gasteiger partial charge on any atom is -0.506 e. The number of carbonyl (C=O) groups excluding carboxylic acids is 1. The summed E-state index contributed by atoms with van der Waals surface area (Å²) >= 11 is 5.76. The van der Waals surface area contributed by atoms with Crippen molar-refractivity contribution in [1.82, 2.24) is 0 Å². The first kappa shape index (κ1) is 13.9. The van der Waals surface area contributed by atoms with Gasteiger partial charge in [-0.1, -0.05) is 23.7 Å². The standard InChI is InChI=1S/C15H11ClN2O2/c16-13-9-11(3-6-14(13)19)15(20)18-12-4-1-10(2-5-12)7-8-17/h1-6,9,19H,7H2,(H,18,20). The van der Waals surface area contributed by atoms with Crippen molar-refractivity contribution < 1.29 is 9.90 Å². The molecule has 0 fully saturated rings. The van der Waals surface area contributed by atoms with E-state index in [2.05, 4.69) is 11.4 Å². The first-order chi connectivity index (χ1) is 9.60. The summed E-state index contributed by atoms with van der Waals surface area (Å²) in [6.07, 6.45) is 0.335. The highest BCUT2D eigenvalue weighted by Gasteiger charge is 2.08. The van der Waals surface area contributed by atoms with Crippen LogP contribution in [-0.4, -0.2) is 11.0 Å². The minimum atomic E-state index is -0.320. The number of phenols is 1. The van der Waals surface area contributed by atoms with E-state index >= 15 is 0 Å². The maximum atomic E-state index is 12.0. The molecule has 0 bridgehead atoms. The number of phenolic OH excluding ortho intramolecular Hbond substituents is 1. The monoisotopic (exact) mass is 286 g/mol. The van der Waals surface area contributed by atoms with Gasteiger partial charge in [-0.2, -0.15) is 5.26 Å². The zero-order valence-corrected chi connectivity index (χ0v) is 11.2. The van der Waals surface area contributed by atoms with Gasteiger partial charge in [0.1, 0.15) is 5.75 Å². The highest BCUT2D eigenvalue weighted by atomic mass is 35.5. The van der Waals surface area contributed by atoms with E-state index in [1.165, 1.54) is 18.2 Å². The van der Waals surface area contributed by atoms with Gasteiger partial charge in [0, 0.05) is 11.3 Å². The predicted octanol–water partition coefficient (Wildman–Crippen LogP) is 3.36. The summed E-state index contributed by atoms with van der Waals surface area (Å²) in [6, 6.07) is 13.3. The van der Waals surface area contributed by atoms with E-state index in [-0.39, 0.29) is 16.7 Å². The van der Waals surface area contributed by atoms with Crippen molar-refractivity contribution >= 4 is 23.2 Å². The number of aromatic hydroxyl groups is 1. The molecule has 0 aromatic heterocycles. The summed E-state index contributed by atoms with van der Waals surface area (Å²) < 4.78 is 0. The molecule has 0 heterocycles. The first-order valence-electron chi connectivity index (χ1n) is 5.86. The molecule has 20 heavy (non-hydrogen) atoms. The van der Waals surface area contributed by atoms with Crippen molar-refractivity contribution in [3.05, 3.63) is 58.6 Å². The Labute approximate surface area is 121 Å². The highest BCUT2D eigenvalue weighted by molar-refractivity contribution is 6.32. The van der Waals surface area contributed by atoms with Crippen molar-refractivity contribution in [1.29, 1.82) is 5.26 Å². The zero-order chi connectivity index (χ0) is 14.5. The second-order valence-electron chi connectivity index (χ2n) is 4.15. The zero-order valence-electron chi connectivity index (χ0n) is 10.4. The summed E-state index contributed by atoms with van der Waals surface area (Å²) in [6.45, 7) is 0. The first-order valence-corrected chi connectivity index (χ1v) is 6.23. The third-order valence-electron chi connectivity index (χ3n) is 2.70. The topological polar surface area (TPSA) is 73.1 Å². The predicted molar refractivity (Wildman–Crippen MR) is 76.8 cm³/mol. The van der Waals surface area contributed by atoms with E-state index in [9.17, 15) is 9.90 Å². The SMILES string of the molecule is N#CCc1ccc(NC(=O)c2ccc(O)c(Cl)c2)cc1. The van der Waals surface area contributed by atoms with Crippen molar-refractivity contribution in [2.24, 2.45) is 0 Å². The van der Waals surface area contributed by atoms with Crippen LogP contribution in [0.2, 0.25) is 5.02 Å². The van der Waals surface area contributed by atoms with Gasteiger partial charge < -0.3 is 10.4 Å². The number of amides is 1. The number of carbonyl (C=O) groups is 1. The molecule has 4 nitrogen and oxygen atoms in total. The van der Waals surface area contributed by atoms with Gasteiger partial charge >= 0.3 is 0 Å². The summed E-state index contributed by atoms with van der Waals surface area (Å²) in [5, 5.41) is 20.7. The fourth-order valence-electron chi connectivity index (χ4n) is 1.65. The number of anilines is 1. The number of benzene rings is 2. The number of nitrogens with one attached hydrogen (secondary N) is 1. The Bertz CT molecular complexity index is 675. The molecule has 1 amide bonds. The van der Waals surface area contributed by atoms with Gasteiger partial charge in [0.05, 0.1) is 17.5 Å². The summed E-state index contributed by atoms with van der Waals surface area (Å²) in [4.78, 5) is 12.0. The van der Waals surface area contributed by atoms with Crippen LogP contribution in [0.3, 0.4) is 0 Å². The Morgan fingerprint density at radius 2 is 1.95 bits per heavy atom. The van der Waals surface area contributed by atoms with E-state index in [0.717, 1.165) is 5.56 Å². The number of nitriles is 1. The number of nitrogens with zero attached hydrogens (tertiary/aromatic N) is 1. The highest BCUT2D eigenvalue weighted by Crippen LogP contribution is 2.24. The third kappa shape index (κ3) is 3.28. The van der Waals surface area contributed by atoms with E-state index in [1.54, 1.807) is 24.3 Å². The minimum absolute atomic E-state index is 0.0657. The quantitative estimate of drug-likeness (QED) is 0.908. The lowest BCUT2D eigenvalue weighted by molar-refractivity contribution is 0.102. The molecule has 2 aromatic rings. The molecule has 100 valence electrons. The molecule has 2 N–H and O–H groups in total. The van der Waals surface area contributed by atoms with Crippen LogP contribution < -0.4 is 5.32 Å². The van der Waals surface area contributed by atoms with E-state index in [1.807, 2.05) is 0 Å². The Balaban J connectivity index is 2.11. The van der Waals surface area contributed by atoms with Crippen LogP contribution in [0.5, 0.6) is 5.75 Å². The van der Waals surface area contributed by atoms with E-state index in [0.29, 0.717) is 17.7 Å². The van der Waals surface area contributed by atoms with Gasteiger partial charge in [0.2, 0.25) is 0 Å². The average Bonchev–Trinajstić information content (AvgIpc) is 2.44. The van der Waals surface area contributed by atoms with Crippen LogP contribution in [-0.2, 0) is 6.42 Å². The van der Waals surface area contributed by atoms with Crippen molar-refractivity contribution in [2.75, 3.05) is 5.32 Å². The summed E-state index contributed by atoms with van der Waals surface area (Å²) in [5.41, 5.74) is 1.87. The smallest absolute Gasteiger partial charge is 0.255 e. The third-order valence-corrected chi connectivity index (χ3v) is 3.01. The van der Waals surface area contributed by atoms with Crippen LogP contribution in [0.1, 0.15) is 15.9 Å². The number of hydrogen-bond acceptors (Lipinski definition) is 3. The summed E-state index contributed by atoms with van der Waals surface area (Å²) in [7, 11) is 0. The van der Waals surface area contributed by atoms with Crippen molar-refractivity contribution in [3.8, 4) is 11.8 Å². The Kier molecular flexibility index (Phi) is 4.24. The molecule has 2 rings (SSSR count). The van der Waals surface area contributed by atoms with Crippen LogP contribution in [0, 0.1) is 11.3 Å². The fraction of sp³-hybridized carbons (Fsp3) is 0.0667. The van der Waals surface area contributed by atoms with E-state index in [4.69, 9.17) is 16.9 Å². The average molecular weight is 287 g/mol. The molecule has 0 atom stereocenters. The molecular weight excluding hydrogens is 276 g/mol. The molecule has 2 aromatic carbocycles. The van der Waals surface area contributed by atoms with Gasteiger partial charge in [-0.3, -0.25) is 4.79 Å². The molecule has 0 radical (unpaired) electrons. The normalized spacial score (nSPS) is 9.80. The van der Waals surface area contributed by atoms with Gasteiger partial charge in [0.25, 0.3) is 5.91 Å². The van der Waals surface area contributed by atoms with Crippen LogP contribution >= 0.6 is 11.6 Å². The maximum Gasteiger partial charge on any atom is 0.255 e. The molecule has 5 heteroatoms. The van der Waals surface area contributed by atoms with Crippen LogP contribution in [0.4, 0.5) is 5.69 Å². The van der Waals surface area contributed by atoms with Crippen LogP contribution in [0.15, 0.2) is 42.5 Å². The molecule has 0 saturated carbocycles. The maximum absolute atomic E-state index is 12.0. The molecule has 0 saturated heterocycles. The lowest BCUT2D eigenvalue weighted by Crippen LogP contribution is -2.11. The molecule has 0 unspecified atom stereocenters. The number of halogens is 1. The lowest BCUT2D eigenvalue weighted by Gasteiger charge is -2.06. The van der Waals surface area contributed by atoms with Crippen molar-refractivity contribution in [3.63, 3.8) is 0 Å². The second-order valence-corrected chi connectivity index (χ2v) is 4.56.